The van der Waals surface area contributed by atoms with Crippen molar-refractivity contribution in [2.24, 2.45) is 0 Å². The first-order valence-electron chi connectivity index (χ1n) is 11.2. The van der Waals surface area contributed by atoms with Gasteiger partial charge in [0.1, 0.15) is 10.8 Å². The van der Waals surface area contributed by atoms with Crippen molar-refractivity contribution < 1.29 is 14.3 Å². The molecule has 2 amide bonds. The van der Waals surface area contributed by atoms with Crippen LogP contribution in [-0.2, 0) is 11.2 Å². The minimum atomic E-state index is -0.305. The van der Waals surface area contributed by atoms with Crippen LogP contribution in [0.25, 0.3) is 21.3 Å². The fourth-order valence-electron chi connectivity index (χ4n) is 3.82. The van der Waals surface area contributed by atoms with Gasteiger partial charge in [0.15, 0.2) is 0 Å². The number of hydrogen-bond donors (Lipinski definition) is 2. The van der Waals surface area contributed by atoms with Crippen molar-refractivity contribution in [2.75, 3.05) is 17.7 Å². The number of carbonyl (C=O) groups excluding carboxylic acids is 2. The monoisotopic (exact) mass is 494 g/mol. The van der Waals surface area contributed by atoms with E-state index in [1.54, 1.807) is 31.4 Å². The van der Waals surface area contributed by atoms with Crippen molar-refractivity contribution in [1.82, 2.24) is 10.2 Å². The minimum Gasteiger partial charge on any atom is -0.497 e. The molecule has 8 heteroatoms. The average Bonchev–Trinajstić information content (AvgIpc) is 3.38. The minimum absolute atomic E-state index is 0.122. The van der Waals surface area contributed by atoms with E-state index in [9.17, 15) is 9.59 Å². The lowest BCUT2D eigenvalue weighted by atomic mass is 10.0. The molecule has 5 rings (SSSR count). The molecule has 0 unspecified atom stereocenters. The summed E-state index contributed by atoms with van der Waals surface area (Å²) in [5.74, 6) is 0.328. The molecule has 5 aromatic rings. The van der Waals surface area contributed by atoms with Crippen molar-refractivity contribution in [3.63, 3.8) is 0 Å². The van der Waals surface area contributed by atoms with E-state index < -0.39 is 0 Å². The molecule has 1 aromatic heterocycles. The Balaban J connectivity index is 1.20. The zero-order valence-electron chi connectivity index (χ0n) is 19.4. The molecule has 0 radical (unpaired) electrons. The van der Waals surface area contributed by atoms with Gasteiger partial charge in [0.25, 0.3) is 5.91 Å². The Kier molecular flexibility index (Phi) is 6.68. The van der Waals surface area contributed by atoms with Crippen LogP contribution in [0.5, 0.6) is 5.75 Å². The molecule has 7 nitrogen and oxygen atoms in total. The van der Waals surface area contributed by atoms with Gasteiger partial charge in [-0.05, 0) is 64.9 Å². The smallest absolute Gasteiger partial charge is 0.257 e. The third-order valence-electron chi connectivity index (χ3n) is 5.64. The fraction of sp³-hybridized carbons (Fsp3) is 0.0714. The second-order valence-corrected chi connectivity index (χ2v) is 9.01. The van der Waals surface area contributed by atoms with E-state index in [0.29, 0.717) is 21.4 Å². The molecular formula is C28H22N4O3S. The van der Waals surface area contributed by atoms with Gasteiger partial charge in [-0.1, -0.05) is 53.8 Å². The molecule has 0 aliphatic heterocycles. The first-order valence-corrected chi connectivity index (χ1v) is 12.1. The summed E-state index contributed by atoms with van der Waals surface area (Å²) in [4.78, 5) is 25.3. The molecule has 0 saturated heterocycles. The van der Waals surface area contributed by atoms with Crippen LogP contribution in [0, 0.1) is 0 Å². The maximum Gasteiger partial charge on any atom is 0.257 e. The van der Waals surface area contributed by atoms with Crippen molar-refractivity contribution in [3.8, 4) is 16.3 Å². The molecular weight excluding hydrogens is 472 g/mol. The number of carbonyl (C=O) groups is 2. The summed E-state index contributed by atoms with van der Waals surface area (Å²) in [6, 6.07) is 28.1. The maximum absolute atomic E-state index is 12.7. The Labute approximate surface area is 211 Å². The zero-order valence-corrected chi connectivity index (χ0v) is 20.2. The normalized spacial score (nSPS) is 10.7. The third-order valence-corrected chi connectivity index (χ3v) is 6.53. The number of hydrogen-bond acceptors (Lipinski definition) is 6. The van der Waals surface area contributed by atoms with Crippen LogP contribution in [0.15, 0.2) is 91.0 Å². The molecule has 36 heavy (non-hydrogen) atoms. The Morgan fingerprint density at radius 3 is 2.36 bits per heavy atom. The summed E-state index contributed by atoms with van der Waals surface area (Å²) in [5, 5.41) is 17.2. The number of aromatic nitrogens is 2. The van der Waals surface area contributed by atoms with E-state index in [4.69, 9.17) is 4.74 Å². The van der Waals surface area contributed by atoms with E-state index in [2.05, 4.69) is 20.8 Å². The summed E-state index contributed by atoms with van der Waals surface area (Å²) in [6.07, 6.45) is 0.261. The molecule has 0 saturated carbocycles. The highest BCUT2D eigenvalue weighted by molar-refractivity contribution is 7.18. The largest absolute Gasteiger partial charge is 0.497 e. The first kappa shape index (κ1) is 23.2. The van der Waals surface area contributed by atoms with Crippen molar-refractivity contribution in [3.05, 3.63) is 102 Å². The van der Waals surface area contributed by atoms with E-state index >= 15 is 0 Å². The van der Waals surface area contributed by atoms with Crippen molar-refractivity contribution >= 4 is 44.7 Å². The van der Waals surface area contributed by atoms with Crippen LogP contribution in [0.2, 0.25) is 0 Å². The highest BCUT2D eigenvalue weighted by Crippen LogP contribution is 2.28. The van der Waals surface area contributed by atoms with Crippen LogP contribution < -0.4 is 15.4 Å². The number of amides is 2. The first-order chi connectivity index (χ1) is 17.6. The lowest BCUT2D eigenvalue weighted by Gasteiger charge is -2.09. The van der Waals surface area contributed by atoms with E-state index in [-0.39, 0.29) is 18.2 Å². The van der Waals surface area contributed by atoms with E-state index in [1.165, 1.54) is 11.3 Å². The van der Waals surface area contributed by atoms with Gasteiger partial charge in [0.2, 0.25) is 11.0 Å². The molecule has 1 heterocycles. The van der Waals surface area contributed by atoms with Crippen LogP contribution in [0.4, 0.5) is 10.8 Å². The quantitative estimate of drug-likeness (QED) is 0.298. The summed E-state index contributed by atoms with van der Waals surface area (Å²) < 4.78 is 5.17. The number of fused-ring (bicyclic) bond motifs is 1. The number of benzene rings is 4. The Hall–Kier alpha value is -4.56. The van der Waals surface area contributed by atoms with Gasteiger partial charge in [0, 0.05) is 16.8 Å². The number of nitrogens with one attached hydrogen (secondary N) is 2. The van der Waals surface area contributed by atoms with Crippen LogP contribution in [0.1, 0.15) is 15.9 Å². The summed E-state index contributed by atoms with van der Waals surface area (Å²) in [5.41, 5.74) is 2.92. The molecule has 0 aliphatic carbocycles. The molecule has 0 fully saturated rings. The van der Waals surface area contributed by atoms with Crippen LogP contribution >= 0.6 is 11.3 Å². The van der Waals surface area contributed by atoms with Gasteiger partial charge in [-0.3, -0.25) is 14.9 Å². The second kappa shape index (κ2) is 10.4. The molecule has 0 bridgehead atoms. The number of ether oxygens (including phenoxy) is 1. The number of rotatable bonds is 7. The summed E-state index contributed by atoms with van der Waals surface area (Å²) >= 11 is 1.28. The highest BCUT2D eigenvalue weighted by atomic mass is 32.1. The fourth-order valence-corrected chi connectivity index (χ4v) is 4.57. The third kappa shape index (κ3) is 5.24. The SMILES string of the molecule is COc1ccc(-c2nnc(NC(=O)c3ccc(NC(=O)Cc4cccc5ccccc45)cc3)s2)cc1. The van der Waals surface area contributed by atoms with Gasteiger partial charge in [0.05, 0.1) is 13.5 Å². The van der Waals surface area contributed by atoms with Gasteiger partial charge in [-0.25, -0.2) is 0 Å². The zero-order chi connectivity index (χ0) is 24.9. The van der Waals surface area contributed by atoms with Crippen molar-refractivity contribution in [2.45, 2.75) is 6.42 Å². The topological polar surface area (TPSA) is 93.2 Å². The number of methoxy groups -OCH3 is 1. The summed E-state index contributed by atoms with van der Waals surface area (Å²) in [6.45, 7) is 0. The standard InChI is InChI=1S/C28H22N4O3S/c1-35-23-15-11-20(12-16-23)27-31-32-28(36-27)30-26(34)19-9-13-22(14-10-19)29-25(33)17-21-7-4-6-18-5-2-3-8-24(18)21/h2-16H,17H2,1H3,(H,29,33)(H,30,32,34). The number of nitrogens with zero attached hydrogens (tertiary/aromatic N) is 2. The van der Waals surface area contributed by atoms with E-state index in [1.807, 2.05) is 66.7 Å². The molecule has 2 N–H and O–H groups in total. The second-order valence-electron chi connectivity index (χ2n) is 8.04. The lowest BCUT2D eigenvalue weighted by molar-refractivity contribution is -0.115. The number of anilines is 2. The predicted octanol–water partition coefficient (Wildman–Crippen LogP) is 5.80. The Morgan fingerprint density at radius 1 is 0.833 bits per heavy atom. The van der Waals surface area contributed by atoms with E-state index in [0.717, 1.165) is 27.6 Å². The molecule has 178 valence electrons. The van der Waals surface area contributed by atoms with Gasteiger partial charge in [-0.2, -0.15) is 0 Å². The Morgan fingerprint density at radius 2 is 1.58 bits per heavy atom. The molecule has 0 aliphatic rings. The summed E-state index contributed by atoms with van der Waals surface area (Å²) in [7, 11) is 1.61. The predicted molar refractivity (Wildman–Crippen MR) is 143 cm³/mol. The van der Waals surface area contributed by atoms with Gasteiger partial charge in [-0.15, -0.1) is 10.2 Å². The molecule has 0 spiro atoms. The average molecular weight is 495 g/mol. The molecule has 0 atom stereocenters. The lowest BCUT2D eigenvalue weighted by Crippen LogP contribution is -2.15. The van der Waals surface area contributed by atoms with Crippen molar-refractivity contribution in [1.29, 1.82) is 0 Å². The molecule has 4 aromatic carbocycles. The highest BCUT2D eigenvalue weighted by Gasteiger charge is 2.13. The van der Waals surface area contributed by atoms with Crippen LogP contribution in [-0.4, -0.2) is 29.1 Å². The Bertz CT molecular complexity index is 1520. The van der Waals surface area contributed by atoms with Gasteiger partial charge < -0.3 is 10.1 Å². The maximum atomic E-state index is 12.7. The van der Waals surface area contributed by atoms with Gasteiger partial charge >= 0.3 is 0 Å². The van der Waals surface area contributed by atoms with Crippen LogP contribution in [0.3, 0.4) is 0 Å².